The lowest BCUT2D eigenvalue weighted by Gasteiger charge is -2.34. The van der Waals surface area contributed by atoms with Crippen LogP contribution in [-0.2, 0) is 6.42 Å². The number of aryl methyl sites for hydroxylation is 1. The van der Waals surface area contributed by atoms with Crippen molar-refractivity contribution in [1.82, 2.24) is 4.98 Å². The molecule has 1 aromatic carbocycles. The minimum absolute atomic E-state index is 0.351. The Morgan fingerprint density at radius 3 is 2.72 bits per heavy atom. The lowest BCUT2D eigenvalue weighted by atomic mass is 9.76. The number of hydrazone groups is 1. The van der Waals surface area contributed by atoms with Crippen molar-refractivity contribution in [2.45, 2.75) is 44.6 Å². The summed E-state index contributed by atoms with van der Waals surface area (Å²) in [6.07, 6.45) is 8.95. The summed E-state index contributed by atoms with van der Waals surface area (Å²) in [5.74, 6) is 1.05. The van der Waals surface area contributed by atoms with Gasteiger partial charge in [-0.25, -0.2) is 0 Å². The molecule has 2 heterocycles. The minimum Gasteiger partial charge on any atom is -0.261 e. The van der Waals surface area contributed by atoms with Gasteiger partial charge in [0.05, 0.1) is 39.4 Å². The Balaban J connectivity index is 1.60. The molecular weight excluding hydrogens is 380 g/mol. The average molecular weight is 403 g/mol. The quantitative estimate of drug-likeness (QED) is 0.671. The van der Waals surface area contributed by atoms with E-state index in [1.165, 1.54) is 31.2 Å². The first-order valence-corrected chi connectivity index (χ1v) is 10.8. The zero-order valence-electron chi connectivity index (χ0n) is 16.3. The van der Waals surface area contributed by atoms with Crippen LogP contribution >= 0.6 is 11.6 Å². The Labute approximate surface area is 176 Å². The third kappa shape index (κ3) is 3.05. The summed E-state index contributed by atoms with van der Waals surface area (Å²) < 4.78 is 0. The Hall–Kier alpha value is -2.64. The van der Waals surface area contributed by atoms with Gasteiger partial charge in [-0.3, -0.25) is 9.99 Å². The Kier molecular flexibility index (Phi) is 4.64. The molecule has 5 heteroatoms. The average Bonchev–Trinajstić information content (AvgIpc) is 3.40. The summed E-state index contributed by atoms with van der Waals surface area (Å²) in [6.45, 7) is 3.85. The van der Waals surface area contributed by atoms with E-state index in [4.69, 9.17) is 21.7 Å². The van der Waals surface area contributed by atoms with E-state index in [0.29, 0.717) is 28.5 Å². The van der Waals surface area contributed by atoms with E-state index in [9.17, 15) is 5.26 Å². The Bertz CT molecular complexity index is 1050. The second-order valence-corrected chi connectivity index (χ2v) is 8.63. The number of hydrogen-bond acceptors (Lipinski definition) is 4. The zero-order valence-corrected chi connectivity index (χ0v) is 17.1. The maximum Gasteiger partial charge on any atom is 0.101 e. The van der Waals surface area contributed by atoms with Gasteiger partial charge in [-0.05, 0) is 68.0 Å². The molecule has 2 atom stereocenters. The number of nitriles is 1. The summed E-state index contributed by atoms with van der Waals surface area (Å²) in [4.78, 5) is 4.77. The number of aromatic nitrogens is 1. The normalized spacial score (nSPS) is 23.3. The molecule has 2 aromatic rings. The number of pyridine rings is 1. The molecule has 29 heavy (non-hydrogen) atoms. The summed E-state index contributed by atoms with van der Waals surface area (Å²) in [7, 11) is 0. The first kappa shape index (κ1) is 18.4. The van der Waals surface area contributed by atoms with Gasteiger partial charge in [0.25, 0.3) is 0 Å². The highest BCUT2D eigenvalue weighted by atomic mass is 35.5. The van der Waals surface area contributed by atoms with Gasteiger partial charge in [0, 0.05) is 11.5 Å². The largest absolute Gasteiger partial charge is 0.261 e. The SMILES string of the molecule is C=Cc1ccc2c(n1)CCC1C2=NN(c2ccc(C#N)c(Cl)c2)C1C1CCCC1. The summed E-state index contributed by atoms with van der Waals surface area (Å²) in [5.41, 5.74) is 5.86. The van der Waals surface area contributed by atoms with Gasteiger partial charge in [0.1, 0.15) is 6.07 Å². The number of nitrogens with zero attached hydrogens (tertiary/aromatic N) is 4. The monoisotopic (exact) mass is 402 g/mol. The van der Waals surface area contributed by atoms with E-state index in [-0.39, 0.29) is 0 Å². The standard InChI is InChI=1S/C24H23ClN4/c1-2-17-8-10-19-22(27-17)12-11-20-23(19)28-29(24(20)15-5-3-4-6-15)18-9-7-16(14-26)21(25)13-18/h2,7-10,13,15,20,24H,1,3-6,11-12H2. The third-order valence-electron chi connectivity index (χ3n) is 6.65. The van der Waals surface area contributed by atoms with Crippen LogP contribution in [0.2, 0.25) is 5.02 Å². The second kappa shape index (κ2) is 7.31. The van der Waals surface area contributed by atoms with Gasteiger partial charge in [-0.1, -0.05) is 31.0 Å². The van der Waals surface area contributed by atoms with Crippen LogP contribution in [0, 0.1) is 23.2 Å². The molecule has 0 saturated heterocycles. The lowest BCUT2D eigenvalue weighted by Crippen LogP contribution is -2.40. The van der Waals surface area contributed by atoms with Gasteiger partial charge < -0.3 is 0 Å². The predicted octanol–water partition coefficient (Wildman–Crippen LogP) is 5.60. The first-order valence-electron chi connectivity index (χ1n) is 10.4. The Morgan fingerprint density at radius 1 is 1.17 bits per heavy atom. The number of fused-ring (bicyclic) bond motifs is 3. The third-order valence-corrected chi connectivity index (χ3v) is 6.97. The minimum atomic E-state index is 0.351. The van der Waals surface area contributed by atoms with E-state index in [1.807, 2.05) is 18.2 Å². The highest BCUT2D eigenvalue weighted by Crippen LogP contribution is 2.44. The van der Waals surface area contributed by atoms with E-state index in [1.54, 1.807) is 12.1 Å². The molecule has 5 rings (SSSR count). The van der Waals surface area contributed by atoms with Crippen molar-refractivity contribution in [1.29, 1.82) is 5.26 Å². The fourth-order valence-electron chi connectivity index (χ4n) is 5.29. The fraction of sp³-hybridized carbons (Fsp3) is 0.375. The van der Waals surface area contributed by atoms with Crippen molar-refractivity contribution in [2.75, 3.05) is 5.01 Å². The fourth-order valence-corrected chi connectivity index (χ4v) is 5.51. The topological polar surface area (TPSA) is 52.3 Å². The van der Waals surface area contributed by atoms with Crippen LogP contribution in [0.15, 0.2) is 42.0 Å². The highest BCUT2D eigenvalue weighted by molar-refractivity contribution is 6.32. The summed E-state index contributed by atoms with van der Waals surface area (Å²) >= 11 is 6.37. The maximum absolute atomic E-state index is 9.23. The molecule has 0 bridgehead atoms. The number of halogens is 1. The molecule has 1 saturated carbocycles. The molecule has 2 unspecified atom stereocenters. The van der Waals surface area contributed by atoms with E-state index < -0.39 is 0 Å². The van der Waals surface area contributed by atoms with Crippen molar-refractivity contribution in [2.24, 2.45) is 16.9 Å². The van der Waals surface area contributed by atoms with Crippen LogP contribution in [0.25, 0.3) is 6.08 Å². The van der Waals surface area contributed by atoms with Crippen LogP contribution in [0.1, 0.15) is 54.6 Å². The number of rotatable bonds is 3. The van der Waals surface area contributed by atoms with Crippen molar-refractivity contribution in [3.63, 3.8) is 0 Å². The van der Waals surface area contributed by atoms with Crippen LogP contribution in [0.5, 0.6) is 0 Å². The van der Waals surface area contributed by atoms with E-state index in [0.717, 1.165) is 35.6 Å². The smallest absolute Gasteiger partial charge is 0.101 e. The Morgan fingerprint density at radius 2 is 2.00 bits per heavy atom. The summed E-state index contributed by atoms with van der Waals surface area (Å²) in [5, 5.41) is 17.1. The predicted molar refractivity (Wildman–Crippen MR) is 117 cm³/mol. The first-order chi connectivity index (χ1) is 14.2. The van der Waals surface area contributed by atoms with Crippen molar-refractivity contribution < 1.29 is 0 Å². The number of anilines is 1. The van der Waals surface area contributed by atoms with Gasteiger partial charge in [-0.15, -0.1) is 0 Å². The molecule has 1 aliphatic heterocycles. The molecule has 1 aromatic heterocycles. The molecule has 4 nitrogen and oxygen atoms in total. The van der Waals surface area contributed by atoms with E-state index in [2.05, 4.69) is 23.7 Å². The molecule has 0 N–H and O–H groups in total. The van der Waals surface area contributed by atoms with E-state index >= 15 is 0 Å². The molecule has 0 radical (unpaired) electrons. The molecule has 0 spiro atoms. The van der Waals surface area contributed by atoms with Crippen molar-refractivity contribution in [3.05, 3.63) is 64.4 Å². The molecule has 1 fully saturated rings. The zero-order chi connectivity index (χ0) is 20.0. The van der Waals surface area contributed by atoms with Crippen molar-refractivity contribution >= 4 is 29.1 Å². The van der Waals surface area contributed by atoms with Crippen LogP contribution in [0.3, 0.4) is 0 Å². The molecule has 2 aliphatic carbocycles. The number of hydrogen-bond donors (Lipinski definition) is 0. The molecule has 0 amide bonds. The van der Waals surface area contributed by atoms with Crippen molar-refractivity contribution in [3.8, 4) is 6.07 Å². The van der Waals surface area contributed by atoms with Crippen LogP contribution < -0.4 is 5.01 Å². The molecular formula is C24H23ClN4. The van der Waals surface area contributed by atoms with Crippen LogP contribution in [0.4, 0.5) is 5.69 Å². The van der Waals surface area contributed by atoms with Gasteiger partial charge >= 0.3 is 0 Å². The van der Waals surface area contributed by atoms with Gasteiger partial charge in [0.2, 0.25) is 0 Å². The molecule has 3 aliphatic rings. The molecule has 146 valence electrons. The highest BCUT2D eigenvalue weighted by Gasteiger charge is 2.45. The second-order valence-electron chi connectivity index (χ2n) is 8.22. The van der Waals surface area contributed by atoms with Gasteiger partial charge in [-0.2, -0.15) is 10.4 Å². The van der Waals surface area contributed by atoms with Gasteiger partial charge in [0.15, 0.2) is 0 Å². The number of benzene rings is 1. The summed E-state index contributed by atoms with van der Waals surface area (Å²) in [6, 6.07) is 12.4. The van der Waals surface area contributed by atoms with Crippen LogP contribution in [-0.4, -0.2) is 16.7 Å². The maximum atomic E-state index is 9.23. The lowest BCUT2D eigenvalue weighted by molar-refractivity contribution is 0.353.